The number of rotatable bonds is 4. The molecule has 106 valence electrons. The molecule has 3 nitrogen and oxygen atoms in total. The van der Waals surface area contributed by atoms with Gasteiger partial charge in [-0.2, -0.15) is 0 Å². The average molecular weight is 269 g/mol. The molecule has 1 aromatic carbocycles. The summed E-state index contributed by atoms with van der Waals surface area (Å²) in [6.07, 6.45) is 0. The Bertz CT molecular complexity index is 618. The van der Waals surface area contributed by atoms with Gasteiger partial charge in [0.25, 0.3) is 0 Å². The Morgan fingerprint density at radius 3 is 2.30 bits per heavy atom. The van der Waals surface area contributed by atoms with Crippen molar-refractivity contribution in [1.29, 1.82) is 0 Å². The number of benzene rings is 1. The summed E-state index contributed by atoms with van der Waals surface area (Å²) < 4.78 is 0. The second kappa shape index (κ2) is 6.14. The lowest BCUT2D eigenvalue weighted by Gasteiger charge is -2.11. The van der Waals surface area contributed by atoms with Crippen LogP contribution in [-0.2, 0) is 6.54 Å². The van der Waals surface area contributed by atoms with Crippen molar-refractivity contribution in [1.82, 2.24) is 15.3 Å². The van der Waals surface area contributed by atoms with Crippen LogP contribution in [0.3, 0.4) is 0 Å². The molecule has 1 N–H and O–H groups in total. The minimum absolute atomic E-state index is 0.717. The summed E-state index contributed by atoms with van der Waals surface area (Å²) >= 11 is 0. The average Bonchev–Trinajstić information content (AvgIpc) is 2.40. The van der Waals surface area contributed by atoms with Crippen molar-refractivity contribution in [2.75, 3.05) is 6.54 Å². The van der Waals surface area contributed by atoms with Gasteiger partial charge in [-0.3, -0.25) is 0 Å². The molecule has 1 heterocycles. The van der Waals surface area contributed by atoms with Gasteiger partial charge in [-0.25, -0.2) is 9.97 Å². The lowest BCUT2D eigenvalue weighted by molar-refractivity contribution is 0.688. The molecule has 0 bridgehead atoms. The first-order valence-corrected chi connectivity index (χ1v) is 7.14. The highest BCUT2D eigenvalue weighted by atomic mass is 15.0. The highest BCUT2D eigenvalue weighted by Crippen LogP contribution is 2.25. The molecule has 0 radical (unpaired) electrons. The monoisotopic (exact) mass is 269 g/mol. The normalized spacial score (nSPS) is 10.8. The molecule has 0 aliphatic heterocycles. The summed E-state index contributed by atoms with van der Waals surface area (Å²) in [5, 5.41) is 3.28. The topological polar surface area (TPSA) is 37.8 Å². The molecule has 20 heavy (non-hydrogen) atoms. The number of aryl methyl sites for hydroxylation is 4. The van der Waals surface area contributed by atoms with Gasteiger partial charge in [-0.15, -0.1) is 0 Å². The largest absolute Gasteiger partial charge is 0.310 e. The molecule has 0 unspecified atom stereocenters. The third-order valence-corrected chi connectivity index (χ3v) is 3.55. The van der Waals surface area contributed by atoms with Gasteiger partial charge in [0.2, 0.25) is 0 Å². The van der Waals surface area contributed by atoms with Crippen LogP contribution < -0.4 is 5.32 Å². The van der Waals surface area contributed by atoms with Crippen LogP contribution in [0.2, 0.25) is 0 Å². The molecule has 2 rings (SSSR count). The van der Waals surface area contributed by atoms with Gasteiger partial charge in [0, 0.05) is 11.3 Å². The lowest BCUT2D eigenvalue weighted by Crippen LogP contribution is -2.15. The van der Waals surface area contributed by atoms with Gasteiger partial charge < -0.3 is 5.32 Å². The molecule has 0 aliphatic carbocycles. The minimum Gasteiger partial charge on any atom is -0.310 e. The fraction of sp³-hybridized carbons (Fsp3) is 0.412. The van der Waals surface area contributed by atoms with E-state index in [1.54, 1.807) is 0 Å². The number of nitrogens with zero attached hydrogens (tertiary/aromatic N) is 2. The lowest BCUT2D eigenvalue weighted by atomic mass is 9.98. The molecule has 1 aromatic heterocycles. The van der Waals surface area contributed by atoms with Crippen LogP contribution in [0.4, 0.5) is 0 Å². The second-order valence-corrected chi connectivity index (χ2v) is 5.34. The zero-order valence-corrected chi connectivity index (χ0v) is 13.0. The van der Waals surface area contributed by atoms with Crippen molar-refractivity contribution in [2.24, 2.45) is 0 Å². The molecule has 0 amide bonds. The molecule has 2 aromatic rings. The van der Waals surface area contributed by atoms with E-state index in [1.165, 1.54) is 22.3 Å². The molecule has 0 fully saturated rings. The van der Waals surface area contributed by atoms with Gasteiger partial charge in [0.1, 0.15) is 5.82 Å². The van der Waals surface area contributed by atoms with Gasteiger partial charge >= 0.3 is 0 Å². The van der Waals surface area contributed by atoms with Crippen LogP contribution in [0.25, 0.3) is 11.3 Å². The van der Waals surface area contributed by atoms with E-state index in [-0.39, 0.29) is 0 Å². The summed E-state index contributed by atoms with van der Waals surface area (Å²) in [5.74, 6) is 0.861. The van der Waals surface area contributed by atoms with E-state index >= 15 is 0 Å². The highest BCUT2D eigenvalue weighted by Gasteiger charge is 2.08. The number of hydrogen-bond donors (Lipinski definition) is 1. The van der Waals surface area contributed by atoms with E-state index in [1.807, 2.05) is 6.92 Å². The van der Waals surface area contributed by atoms with E-state index in [0.29, 0.717) is 0 Å². The summed E-state index contributed by atoms with van der Waals surface area (Å²) in [6, 6.07) is 6.52. The zero-order valence-electron chi connectivity index (χ0n) is 13.0. The maximum Gasteiger partial charge on any atom is 0.143 e. The standard InChI is InChI=1S/C17H23N3/c1-6-18-10-17-19-14(5)9-16(20-17)15-8-12(3)11(2)7-13(15)4/h7-9,18H,6,10H2,1-5H3. The van der Waals surface area contributed by atoms with Crippen LogP contribution in [0.1, 0.15) is 35.1 Å². The summed E-state index contributed by atoms with van der Waals surface area (Å²) in [5.41, 5.74) is 7.13. The molecular formula is C17H23N3. The number of hydrogen-bond acceptors (Lipinski definition) is 3. The van der Waals surface area contributed by atoms with Crippen molar-refractivity contribution in [3.8, 4) is 11.3 Å². The quantitative estimate of drug-likeness (QED) is 0.923. The van der Waals surface area contributed by atoms with E-state index in [0.717, 1.165) is 30.3 Å². The SMILES string of the molecule is CCNCc1nc(C)cc(-c2cc(C)c(C)cc2C)n1. The first kappa shape index (κ1) is 14.7. The number of aromatic nitrogens is 2. The number of nitrogens with one attached hydrogen (secondary N) is 1. The second-order valence-electron chi connectivity index (χ2n) is 5.34. The van der Waals surface area contributed by atoms with E-state index < -0.39 is 0 Å². The molecular weight excluding hydrogens is 246 g/mol. The van der Waals surface area contributed by atoms with Crippen LogP contribution in [0, 0.1) is 27.7 Å². The Morgan fingerprint density at radius 1 is 0.900 bits per heavy atom. The van der Waals surface area contributed by atoms with Crippen molar-refractivity contribution >= 4 is 0 Å². The first-order chi connectivity index (χ1) is 9.51. The van der Waals surface area contributed by atoms with Gasteiger partial charge in [-0.05, 0) is 63.1 Å². The third kappa shape index (κ3) is 3.23. The van der Waals surface area contributed by atoms with Crippen LogP contribution in [0.15, 0.2) is 18.2 Å². The van der Waals surface area contributed by atoms with Crippen molar-refractivity contribution in [3.05, 3.63) is 46.4 Å². The van der Waals surface area contributed by atoms with Crippen molar-refractivity contribution < 1.29 is 0 Å². The fourth-order valence-corrected chi connectivity index (χ4v) is 2.32. The zero-order chi connectivity index (χ0) is 14.7. The van der Waals surface area contributed by atoms with E-state index in [9.17, 15) is 0 Å². The maximum atomic E-state index is 4.70. The van der Waals surface area contributed by atoms with E-state index in [4.69, 9.17) is 4.98 Å². The summed E-state index contributed by atoms with van der Waals surface area (Å²) in [4.78, 5) is 9.19. The molecule has 0 atom stereocenters. The molecule has 3 heteroatoms. The van der Waals surface area contributed by atoms with Gasteiger partial charge in [-0.1, -0.05) is 13.0 Å². The Morgan fingerprint density at radius 2 is 1.60 bits per heavy atom. The van der Waals surface area contributed by atoms with Crippen LogP contribution in [-0.4, -0.2) is 16.5 Å². The molecule has 0 spiro atoms. The highest BCUT2D eigenvalue weighted by molar-refractivity contribution is 5.65. The van der Waals surface area contributed by atoms with Crippen LogP contribution >= 0.6 is 0 Å². The Labute approximate surface area is 121 Å². The van der Waals surface area contributed by atoms with Gasteiger partial charge in [0.05, 0.1) is 12.2 Å². The fourth-order valence-electron chi connectivity index (χ4n) is 2.32. The Balaban J connectivity index is 2.47. The maximum absolute atomic E-state index is 4.70. The minimum atomic E-state index is 0.717. The summed E-state index contributed by atoms with van der Waals surface area (Å²) in [6.45, 7) is 12.2. The van der Waals surface area contributed by atoms with Gasteiger partial charge in [0.15, 0.2) is 0 Å². The Kier molecular flexibility index (Phi) is 4.50. The predicted molar refractivity (Wildman–Crippen MR) is 83.8 cm³/mol. The predicted octanol–water partition coefficient (Wildman–Crippen LogP) is 3.49. The Hall–Kier alpha value is -1.74. The summed E-state index contributed by atoms with van der Waals surface area (Å²) in [7, 11) is 0. The molecule has 0 saturated carbocycles. The van der Waals surface area contributed by atoms with Crippen molar-refractivity contribution in [3.63, 3.8) is 0 Å². The molecule has 0 saturated heterocycles. The van der Waals surface area contributed by atoms with Crippen LogP contribution in [0.5, 0.6) is 0 Å². The smallest absolute Gasteiger partial charge is 0.143 e. The third-order valence-electron chi connectivity index (χ3n) is 3.55. The first-order valence-electron chi connectivity index (χ1n) is 7.14. The molecule has 0 aliphatic rings. The van der Waals surface area contributed by atoms with E-state index in [2.05, 4.69) is 56.2 Å². The van der Waals surface area contributed by atoms with Crippen molar-refractivity contribution in [2.45, 2.75) is 41.2 Å².